The summed E-state index contributed by atoms with van der Waals surface area (Å²) in [5.74, 6) is 1.15. The van der Waals surface area contributed by atoms with E-state index in [1.807, 2.05) is 30.1 Å². The van der Waals surface area contributed by atoms with E-state index < -0.39 is 12.4 Å². The third-order valence-electron chi connectivity index (χ3n) is 6.55. The van der Waals surface area contributed by atoms with Gasteiger partial charge in [0.2, 0.25) is 0 Å². The monoisotopic (exact) mass is 483 g/mol. The minimum Gasteiger partial charge on any atom is -0.350 e. The van der Waals surface area contributed by atoms with Gasteiger partial charge in [-0.05, 0) is 54.3 Å². The van der Waals surface area contributed by atoms with Crippen molar-refractivity contribution < 1.29 is 7.54 Å². The first-order valence-electron chi connectivity index (χ1n) is 13.0. The Morgan fingerprint density at radius 2 is 2.00 bits per heavy atom. The van der Waals surface area contributed by atoms with Crippen LogP contribution in [0, 0.1) is 6.92 Å². The van der Waals surface area contributed by atoms with E-state index in [0.717, 1.165) is 60.8 Å². The van der Waals surface area contributed by atoms with Gasteiger partial charge in [-0.15, -0.1) is 10.2 Å². The number of fused-ring (bicyclic) bond motifs is 2. The van der Waals surface area contributed by atoms with E-state index in [-0.39, 0.29) is 5.69 Å². The van der Waals surface area contributed by atoms with Gasteiger partial charge < -0.3 is 15.1 Å². The molecular formula is C26H27N9O. The second kappa shape index (κ2) is 9.37. The molecule has 2 aliphatic rings. The van der Waals surface area contributed by atoms with Gasteiger partial charge in [0, 0.05) is 63.3 Å². The summed E-state index contributed by atoms with van der Waals surface area (Å²) >= 11 is 0. The van der Waals surface area contributed by atoms with Crippen LogP contribution in [0.5, 0.6) is 0 Å². The van der Waals surface area contributed by atoms with Crippen molar-refractivity contribution in [3.8, 4) is 0 Å². The average Bonchev–Trinajstić information content (AvgIpc) is 3.42. The zero-order valence-electron chi connectivity index (χ0n) is 21.9. The molecule has 4 aromatic heterocycles. The molecule has 0 spiro atoms. The predicted octanol–water partition coefficient (Wildman–Crippen LogP) is 2.81. The number of carbonyl (C=O) groups is 1. The lowest BCUT2D eigenvalue weighted by Crippen LogP contribution is -2.33. The van der Waals surface area contributed by atoms with Crippen molar-refractivity contribution in [3.05, 3.63) is 83.2 Å². The van der Waals surface area contributed by atoms with Crippen LogP contribution in [0.25, 0.3) is 0 Å². The first-order chi connectivity index (χ1) is 18.4. The summed E-state index contributed by atoms with van der Waals surface area (Å²) in [5.41, 5.74) is 4.42. The molecule has 0 aliphatic carbocycles. The van der Waals surface area contributed by atoms with Crippen LogP contribution in [-0.2, 0) is 26.0 Å². The van der Waals surface area contributed by atoms with Gasteiger partial charge in [-0.25, -0.2) is 4.68 Å². The number of pyridine rings is 2. The number of carbonyl (C=O) groups excluding carboxylic acids is 1. The topological polar surface area (TPSA) is 105 Å². The SMILES string of the molecule is [2H]C([2H])(NC(=O)c1cc(C)c(N2CCc3ncc(N4CCCn5nccc54)cc3C2)nn1)c1ccncc1. The minimum absolute atomic E-state index is 0.0623. The number of nitrogens with zero attached hydrogens (tertiary/aromatic N) is 8. The predicted molar refractivity (Wildman–Crippen MR) is 135 cm³/mol. The van der Waals surface area contributed by atoms with Crippen LogP contribution in [0.3, 0.4) is 0 Å². The van der Waals surface area contributed by atoms with Crippen molar-refractivity contribution in [2.75, 3.05) is 22.9 Å². The average molecular weight is 484 g/mol. The van der Waals surface area contributed by atoms with Crippen molar-refractivity contribution in [3.63, 3.8) is 0 Å². The fraction of sp³-hybridized carbons (Fsp3) is 0.308. The highest BCUT2D eigenvalue weighted by Crippen LogP contribution is 2.32. The van der Waals surface area contributed by atoms with Gasteiger partial charge in [0.05, 0.1) is 20.8 Å². The van der Waals surface area contributed by atoms with Gasteiger partial charge in [-0.3, -0.25) is 14.8 Å². The van der Waals surface area contributed by atoms with Crippen molar-refractivity contribution >= 4 is 23.2 Å². The number of anilines is 3. The third kappa shape index (κ3) is 4.26. The molecular weight excluding hydrogens is 454 g/mol. The van der Waals surface area contributed by atoms with Gasteiger partial charge in [0.15, 0.2) is 11.5 Å². The van der Waals surface area contributed by atoms with E-state index in [9.17, 15) is 4.79 Å². The van der Waals surface area contributed by atoms with Crippen LogP contribution in [0.15, 0.2) is 55.1 Å². The van der Waals surface area contributed by atoms with Gasteiger partial charge in [0.1, 0.15) is 5.82 Å². The molecule has 182 valence electrons. The molecule has 0 atom stereocenters. The van der Waals surface area contributed by atoms with E-state index in [4.69, 9.17) is 7.73 Å². The highest BCUT2D eigenvalue weighted by Gasteiger charge is 2.24. The summed E-state index contributed by atoms with van der Waals surface area (Å²) in [6.45, 7) is 3.03. The summed E-state index contributed by atoms with van der Waals surface area (Å²) in [5, 5.41) is 15.3. The molecule has 0 saturated heterocycles. The molecule has 0 bridgehead atoms. The third-order valence-corrected chi connectivity index (χ3v) is 6.55. The maximum atomic E-state index is 12.8. The highest BCUT2D eigenvalue weighted by atomic mass is 16.1. The Kier molecular flexibility index (Phi) is 5.18. The Morgan fingerprint density at radius 3 is 2.86 bits per heavy atom. The van der Waals surface area contributed by atoms with Crippen LogP contribution in [0.1, 0.15) is 42.0 Å². The quantitative estimate of drug-likeness (QED) is 0.462. The summed E-state index contributed by atoms with van der Waals surface area (Å²) in [6.07, 6.45) is 8.55. The molecule has 1 amide bonds. The van der Waals surface area contributed by atoms with Crippen molar-refractivity contribution in [1.29, 1.82) is 0 Å². The Labute approximate surface area is 211 Å². The van der Waals surface area contributed by atoms with Crippen LogP contribution < -0.4 is 15.1 Å². The normalized spacial score (nSPS) is 16.0. The molecule has 0 fully saturated rings. The number of rotatable bonds is 5. The number of aryl methyl sites for hydroxylation is 2. The van der Waals surface area contributed by atoms with E-state index in [1.54, 1.807) is 6.07 Å². The lowest BCUT2D eigenvalue weighted by Gasteiger charge is -2.33. The largest absolute Gasteiger partial charge is 0.350 e. The van der Waals surface area contributed by atoms with E-state index in [1.165, 1.54) is 24.5 Å². The summed E-state index contributed by atoms with van der Waals surface area (Å²) in [7, 11) is 0. The molecule has 6 rings (SSSR count). The van der Waals surface area contributed by atoms with Crippen LogP contribution >= 0.6 is 0 Å². The molecule has 10 nitrogen and oxygen atoms in total. The van der Waals surface area contributed by atoms with Crippen LogP contribution in [0.4, 0.5) is 17.3 Å². The van der Waals surface area contributed by atoms with E-state index in [2.05, 4.69) is 41.5 Å². The fourth-order valence-corrected chi connectivity index (χ4v) is 4.75. The molecule has 0 aromatic carbocycles. The van der Waals surface area contributed by atoms with Crippen molar-refractivity contribution in [1.82, 2.24) is 35.3 Å². The van der Waals surface area contributed by atoms with Crippen molar-refractivity contribution in [2.45, 2.75) is 39.4 Å². The minimum atomic E-state index is -2.07. The first kappa shape index (κ1) is 19.9. The maximum Gasteiger partial charge on any atom is 0.272 e. The molecule has 36 heavy (non-hydrogen) atoms. The highest BCUT2D eigenvalue weighted by molar-refractivity contribution is 5.92. The fourth-order valence-electron chi connectivity index (χ4n) is 4.75. The van der Waals surface area contributed by atoms with Crippen LogP contribution in [0.2, 0.25) is 0 Å². The Hall–Kier alpha value is -4.34. The standard InChI is InChI=1S/C26H27N9O/c1-18-13-23(26(36)29-15-19-3-7-27-8-4-19)31-32-25(18)33-12-6-22-20(17-33)14-21(16-28-22)34-10-2-11-35-24(34)5-9-30-35/h3-5,7-9,13-14,16H,2,6,10-12,15,17H2,1H3,(H,29,36)/i15D2. The summed E-state index contributed by atoms with van der Waals surface area (Å²) in [6, 6.07) is 8.93. The van der Waals surface area contributed by atoms with Crippen LogP contribution in [-0.4, -0.2) is 48.9 Å². The van der Waals surface area contributed by atoms with Gasteiger partial charge in [0.25, 0.3) is 5.91 Å². The zero-order valence-corrected chi connectivity index (χ0v) is 19.9. The summed E-state index contributed by atoms with van der Waals surface area (Å²) < 4.78 is 18.5. The van der Waals surface area contributed by atoms with E-state index >= 15 is 0 Å². The second-order valence-corrected chi connectivity index (χ2v) is 8.94. The van der Waals surface area contributed by atoms with E-state index in [0.29, 0.717) is 17.9 Å². The lowest BCUT2D eigenvalue weighted by atomic mass is 10.0. The lowest BCUT2D eigenvalue weighted by molar-refractivity contribution is 0.0944. The molecule has 0 unspecified atom stereocenters. The molecule has 4 aromatic rings. The molecule has 1 N–H and O–H groups in total. The van der Waals surface area contributed by atoms with Gasteiger partial charge in [-0.1, -0.05) is 0 Å². The Balaban J connectivity index is 1.19. The smallest absolute Gasteiger partial charge is 0.272 e. The van der Waals surface area contributed by atoms with Crippen molar-refractivity contribution in [2.24, 2.45) is 0 Å². The molecule has 6 heterocycles. The zero-order chi connectivity index (χ0) is 26.3. The second-order valence-electron chi connectivity index (χ2n) is 8.94. The maximum absolute atomic E-state index is 12.8. The number of hydrogen-bond acceptors (Lipinski definition) is 8. The Bertz CT molecular complexity index is 1490. The number of amides is 1. The van der Waals surface area contributed by atoms with Gasteiger partial charge in [-0.2, -0.15) is 5.10 Å². The number of nitrogens with one attached hydrogen (secondary N) is 1. The molecule has 2 aliphatic heterocycles. The molecule has 0 radical (unpaired) electrons. The first-order valence-corrected chi connectivity index (χ1v) is 12.0. The molecule has 0 saturated carbocycles. The molecule has 10 heteroatoms. The Morgan fingerprint density at radius 1 is 1.11 bits per heavy atom. The number of aromatic nitrogens is 6. The number of hydrogen-bond donors (Lipinski definition) is 1. The van der Waals surface area contributed by atoms with Gasteiger partial charge >= 0.3 is 0 Å². The summed E-state index contributed by atoms with van der Waals surface area (Å²) in [4.78, 5) is 25.9.